The Bertz CT molecular complexity index is 909. The molecule has 0 aromatic heterocycles. The third-order valence-electron chi connectivity index (χ3n) is 5.51. The molecule has 174 valence electrons. The highest BCUT2D eigenvalue weighted by Gasteiger charge is 2.27. The van der Waals surface area contributed by atoms with Crippen molar-refractivity contribution in [2.45, 2.75) is 72.0 Å². The molecule has 2 amide bonds. The van der Waals surface area contributed by atoms with Crippen molar-refractivity contribution in [1.82, 2.24) is 10.2 Å². The van der Waals surface area contributed by atoms with Gasteiger partial charge in [0.1, 0.15) is 11.8 Å². The summed E-state index contributed by atoms with van der Waals surface area (Å²) in [6, 6.07) is 15.0. The molecule has 0 radical (unpaired) electrons. The maximum absolute atomic E-state index is 13.2. The number of nitrogens with one attached hydrogen (secondary N) is 1. The van der Waals surface area contributed by atoms with Crippen LogP contribution in [0.25, 0.3) is 0 Å². The molecule has 0 aliphatic heterocycles. The molecule has 32 heavy (non-hydrogen) atoms. The first-order valence-corrected chi connectivity index (χ1v) is 11.9. The number of rotatable bonds is 9. The van der Waals surface area contributed by atoms with Gasteiger partial charge in [0, 0.05) is 12.6 Å². The van der Waals surface area contributed by atoms with Crippen LogP contribution in [-0.2, 0) is 21.5 Å². The molecule has 0 spiro atoms. The smallest absolute Gasteiger partial charge is 0.261 e. The van der Waals surface area contributed by atoms with E-state index < -0.39 is 6.04 Å². The lowest BCUT2D eigenvalue weighted by molar-refractivity contribution is -0.142. The van der Waals surface area contributed by atoms with Crippen LogP contribution in [0.5, 0.6) is 5.75 Å². The van der Waals surface area contributed by atoms with E-state index in [-0.39, 0.29) is 29.9 Å². The summed E-state index contributed by atoms with van der Waals surface area (Å²) in [6.07, 6.45) is 0.826. The average molecular weight is 503 g/mol. The van der Waals surface area contributed by atoms with Crippen LogP contribution in [0, 0.1) is 0 Å². The molecule has 2 atom stereocenters. The monoisotopic (exact) mass is 502 g/mol. The van der Waals surface area contributed by atoms with Gasteiger partial charge in [0.05, 0.1) is 4.47 Å². The number of ether oxygens (including phenoxy) is 1. The first-order valence-electron chi connectivity index (χ1n) is 11.1. The molecule has 1 N–H and O–H groups in total. The second kappa shape index (κ2) is 11.5. The zero-order chi connectivity index (χ0) is 23.9. The summed E-state index contributed by atoms with van der Waals surface area (Å²) in [5.74, 6) is 0.189. The summed E-state index contributed by atoms with van der Waals surface area (Å²) < 4.78 is 6.65. The lowest BCUT2D eigenvalue weighted by Crippen LogP contribution is -2.50. The molecule has 2 rings (SSSR count). The van der Waals surface area contributed by atoms with Gasteiger partial charge >= 0.3 is 0 Å². The fraction of sp³-hybridized carbons (Fsp3) is 0.462. The SMILES string of the molecule is CCC(C)NC(=O)C(C)N(Cc1ccccc1)C(=O)COc1ccc(C(C)(C)C)cc1Br. The molecule has 0 saturated carbocycles. The molecule has 0 heterocycles. The Hall–Kier alpha value is -2.34. The van der Waals surface area contributed by atoms with Crippen LogP contribution >= 0.6 is 15.9 Å². The Balaban J connectivity index is 2.16. The summed E-state index contributed by atoms with van der Waals surface area (Å²) >= 11 is 3.55. The van der Waals surface area contributed by atoms with Crippen molar-refractivity contribution in [2.24, 2.45) is 0 Å². The van der Waals surface area contributed by atoms with Gasteiger partial charge in [-0.3, -0.25) is 9.59 Å². The van der Waals surface area contributed by atoms with Gasteiger partial charge in [-0.1, -0.05) is 64.1 Å². The van der Waals surface area contributed by atoms with E-state index in [1.165, 1.54) is 5.56 Å². The Morgan fingerprint density at radius 1 is 1.09 bits per heavy atom. The number of hydrogen-bond acceptors (Lipinski definition) is 3. The van der Waals surface area contributed by atoms with Crippen LogP contribution < -0.4 is 10.1 Å². The van der Waals surface area contributed by atoms with Crippen molar-refractivity contribution < 1.29 is 14.3 Å². The molecule has 0 aliphatic rings. The van der Waals surface area contributed by atoms with Gasteiger partial charge in [-0.25, -0.2) is 0 Å². The van der Waals surface area contributed by atoms with Gasteiger partial charge in [0.25, 0.3) is 5.91 Å². The van der Waals surface area contributed by atoms with E-state index in [0.717, 1.165) is 16.5 Å². The van der Waals surface area contributed by atoms with Gasteiger partial charge in [-0.15, -0.1) is 0 Å². The number of benzene rings is 2. The maximum Gasteiger partial charge on any atom is 0.261 e. The molecular weight excluding hydrogens is 468 g/mol. The van der Waals surface area contributed by atoms with Gasteiger partial charge in [-0.05, 0) is 64.9 Å². The van der Waals surface area contributed by atoms with Crippen molar-refractivity contribution in [3.63, 3.8) is 0 Å². The molecular formula is C26H35BrN2O3. The van der Waals surface area contributed by atoms with Gasteiger partial charge in [0.2, 0.25) is 5.91 Å². The molecule has 2 unspecified atom stereocenters. The minimum Gasteiger partial charge on any atom is -0.483 e. The van der Waals surface area contributed by atoms with E-state index in [4.69, 9.17) is 4.74 Å². The van der Waals surface area contributed by atoms with Crippen LogP contribution in [0.4, 0.5) is 0 Å². The first-order chi connectivity index (χ1) is 15.0. The van der Waals surface area contributed by atoms with Crippen molar-refractivity contribution in [3.8, 4) is 5.75 Å². The van der Waals surface area contributed by atoms with Gasteiger partial charge in [0.15, 0.2) is 6.61 Å². The Morgan fingerprint density at radius 2 is 1.75 bits per heavy atom. The standard InChI is InChI=1S/C26H35BrN2O3/c1-7-18(2)28-25(31)19(3)29(16-20-11-9-8-10-12-20)24(30)17-32-23-14-13-21(15-22(23)27)26(4,5)6/h8-15,18-19H,7,16-17H2,1-6H3,(H,28,31). The number of halogens is 1. The van der Waals surface area contributed by atoms with Crippen molar-refractivity contribution >= 4 is 27.7 Å². The average Bonchev–Trinajstić information content (AvgIpc) is 2.75. The highest BCUT2D eigenvalue weighted by atomic mass is 79.9. The van der Waals surface area contributed by atoms with E-state index in [1.807, 2.05) is 62.4 Å². The number of nitrogens with zero attached hydrogens (tertiary/aromatic N) is 1. The summed E-state index contributed by atoms with van der Waals surface area (Å²) in [5, 5.41) is 2.97. The van der Waals surface area contributed by atoms with Gasteiger partial charge in [-0.2, -0.15) is 0 Å². The van der Waals surface area contributed by atoms with Crippen molar-refractivity contribution in [2.75, 3.05) is 6.61 Å². The number of carbonyl (C=O) groups is 2. The molecule has 5 nitrogen and oxygen atoms in total. The third kappa shape index (κ3) is 7.37. The fourth-order valence-corrected chi connectivity index (χ4v) is 3.63. The Morgan fingerprint density at radius 3 is 2.31 bits per heavy atom. The minimum absolute atomic E-state index is 0.0156. The zero-order valence-corrected chi connectivity index (χ0v) is 21.5. The molecule has 0 aliphatic carbocycles. The molecule has 2 aromatic carbocycles. The molecule has 0 bridgehead atoms. The molecule has 0 saturated heterocycles. The van der Waals surface area contributed by atoms with E-state index >= 15 is 0 Å². The zero-order valence-electron chi connectivity index (χ0n) is 19.9. The Labute approximate surface area is 200 Å². The number of carbonyl (C=O) groups excluding carboxylic acids is 2. The van der Waals surface area contributed by atoms with Gasteiger partial charge < -0.3 is 15.0 Å². The second-order valence-electron chi connectivity index (χ2n) is 9.18. The number of hydrogen-bond donors (Lipinski definition) is 1. The van der Waals surface area contributed by atoms with Crippen LogP contribution in [0.3, 0.4) is 0 Å². The topological polar surface area (TPSA) is 58.6 Å². The summed E-state index contributed by atoms with van der Waals surface area (Å²) in [4.78, 5) is 27.5. The van der Waals surface area contributed by atoms with E-state index in [1.54, 1.807) is 11.8 Å². The van der Waals surface area contributed by atoms with E-state index in [9.17, 15) is 9.59 Å². The van der Waals surface area contributed by atoms with Crippen LogP contribution in [0.2, 0.25) is 0 Å². The van der Waals surface area contributed by atoms with E-state index in [0.29, 0.717) is 12.3 Å². The lowest BCUT2D eigenvalue weighted by Gasteiger charge is -2.29. The molecule has 6 heteroatoms. The van der Waals surface area contributed by atoms with Crippen molar-refractivity contribution in [3.05, 3.63) is 64.1 Å². The summed E-state index contributed by atoms with van der Waals surface area (Å²) in [5.41, 5.74) is 2.14. The molecule has 0 fully saturated rings. The maximum atomic E-state index is 13.2. The second-order valence-corrected chi connectivity index (χ2v) is 10.0. The lowest BCUT2D eigenvalue weighted by atomic mass is 9.87. The van der Waals surface area contributed by atoms with Crippen LogP contribution in [0.1, 0.15) is 59.1 Å². The third-order valence-corrected chi connectivity index (χ3v) is 6.13. The van der Waals surface area contributed by atoms with Crippen molar-refractivity contribution in [1.29, 1.82) is 0 Å². The first kappa shape index (κ1) is 25.9. The largest absolute Gasteiger partial charge is 0.483 e. The molecule has 2 aromatic rings. The fourth-order valence-electron chi connectivity index (χ4n) is 3.14. The van der Waals surface area contributed by atoms with E-state index in [2.05, 4.69) is 42.0 Å². The highest BCUT2D eigenvalue weighted by molar-refractivity contribution is 9.10. The highest BCUT2D eigenvalue weighted by Crippen LogP contribution is 2.31. The predicted molar refractivity (Wildman–Crippen MR) is 133 cm³/mol. The predicted octanol–water partition coefficient (Wildman–Crippen LogP) is 5.46. The minimum atomic E-state index is -0.619. The number of amides is 2. The quantitative estimate of drug-likeness (QED) is 0.495. The van der Waals surface area contributed by atoms with Crippen LogP contribution in [-0.4, -0.2) is 35.4 Å². The van der Waals surface area contributed by atoms with Crippen LogP contribution in [0.15, 0.2) is 53.0 Å². The Kier molecular flexibility index (Phi) is 9.32. The summed E-state index contributed by atoms with van der Waals surface area (Å²) in [7, 11) is 0. The normalized spacial score (nSPS) is 13.2. The summed E-state index contributed by atoms with van der Waals surface area (Å²) in [6.45, 7) is 12.3.